The van der Waals surface area contributed by atoms with Crippen molar-refractivity contribution in [3.05, 3.63) is 48.0 Å². The molecule has 1 amide bonds. The van der Waals surface area contributed by atoms with Crippen molar-refractivity contribution in [3.8, 4) is 5.75 Å². The van der Waals surface area contributed by atoms with E-state index in [1.54, 1.807) is 24.9 Å². The van der Waals surface area contributed by atoms with Crippen LogP contribution >= 0.6 is 23.1 Å². The molecule has 7 heteroatoms. The number of aromatic nitrogens is 1. The zero-order chi connectivity index (χ0) is 16.2. The summed E-state index contributed by atoms with van der Waals surface area (Å²) in [5, 5.41) is 0.627. The van der Waals surface area contributed by atoms with Crippen LogP contribution in [-0.2, 0) is 0 Å². The first kappa shape index (κ1) is 15.6. The van der Waals surface area contributed by atoms with Crippen LogP contribution < -0.4 is 15.6 Å². The summed E-state index contributed by atoms with van der Waals surface area (Å²) >= 11 is 3.05. The summed E-state index contributed by atoms with van der Waals surface area (Å²) in [7, 11) is 1.63. The van der Waals surface area contributed by atoms with Gasteiger partial charge in [0, 0.05) is 10.5 Å². The van der Waals surface area contributed by atoms with Gasteiger partial charge in [-0.25, -0.2) is 4.98 Å². The Bertz CT molecular complexity index is 848. The largest absolute Gasteiger partial charge is 0.497 e. The zero-order valence-corrected chi connectivity index (χ0v) is 14.3. The van der Waals surface area contributed by atoms with Crippen molar-refractivity contribution in [1.29, 1.82) is 0 Å². The number of anilines is 1. The van der Waals surface area contributed by atoms with Gasteiger partial charge in [0.1, 0.15) is 5.75 Å². The van der Waals surface area contributed by atoms with Gasteiger partial charge in [-0.3, -0.25) is 15.6 Å². The third-order valence-corrected chi connectivity index (χ3v) is 4.87. The number of fused-ring (bicyclic) bond motifs is 1. The molecule has 0 saturated carbocycles. The molecule has 1 aromatic heterocycles. The van der Waals surface area contributed by atoms with Gasteiger partial charge in [0.05, 0.1) is 17.3 Å². The van der Waals surface area contributed by atoms with Crippen molar-refractivity contribution in [2.45, 2.75) is 4.90 Å². The molecule has 0 atom stereocenters. The monoisotopic (exact) mass is 345 g/mol. The van der Waals surface area contributed by atoms with Crippen molar-refractivity contribution in [1.82, 2.24) is 10.4 Å². The molecule has 0 spiro atoms. The van der Waals surface area contributed by atoms with Crippen molar-refractivity contribution < 1.29 is 9.53 Å². The van der Waals surface area contributed by atoms with Gasteiger partial charge in [-0.05, 0) is 42.7 Å². The fourth-order valence-electron chi connectivity index (χ4n) is 2.03. The van der Waals surface area contributed by atoms with Crippen LogP contribution in [0.2, 0.25) is 0 Å². The maximum Gasteiger partial charge on any atom is 0.269 e. The maximum absolute atomic E-state index is 12.2. The summed E-state index contributed by atoms with van der Waals surface area (Å²) < 4.78 is 6.19. The van der Waals surface area contributed by atoms with E-state index in [-0.39, 0.29) is 5.91 Å². The summed E-state index contributed by atoms with van der Waals surface area (Å²) in [5.41, 5.74) is 7.00. The summed E-state index contributed by atoms with van der Waals surface area (Å²) in [6, 6.07) is 13.1. The average molecular weight is 345 g/mol. The van der Waals surface area contributed by atoms with E-state index in [4.69, 9.17) is 4.74 Å². The van der Waals surface area contributed by atoms with Gasteiger partial charge in [0.15, 0.2) is 0 Å². The van der Waals surface area contributed by atoms with Crippen LogP contribution in [0.25, 0.3) is 10.2 Å². The molecule has 1 heterocycles. The number of amides is 1. The van der Waals surface area contributed by atoms with E-state index < -0.39 is 0 Å². The first-order valence-electron chi connectivity index (χ1n) is 6.84. The number of carbonyl (C=O) groups is 1. The van der Waals surface area contributed by atoms with Crippen molar-refractivity contribution >= 4 is 44.4 Å². The van der Waals surface area contributed by atoms with Gasteiger partial charge >= 0.3 is 0 Å². The Labute approximate surface area is 142 Å². The molecule has 2 aromatic carbocycles. The predicted octanol–water partition coefficient (Wildman–Crippen LogP) is 3.78. The SMILES string of the molecule is COc1ccc2nc(NNC(=O)c3cccc(SC)c3)sc2c1. The number of nitrogens with zero attached hydrogens (tertiary/aromatic N) is 1. The second kappa shape index (κ2) is 6.89. The van der Waals surface area contributed by atoms with Crippen LogP contribution in [0.1, 0.15) is 10.4 Å². The highest BCUT2D eigenvalue weighted by Gasteiger charge is 2.08. The van der Waals surface area contributed by atoms with Crippen LogP contribution in [0, 0.1) is 0 Å². The number of ether oxygens (including phenoxy) is 1. The minimum absolute atomic E-state index is 0.197. The molecule has 0 aliphatic rings. The number of carbonyl (C=O) groups excluding carboxylic acids is 1. The first-order valence-corrected chi connectivity index (χ1v) is 8.88. The normalized spacial score (nSPS) is 10.5. The molecule has 0 saturated heterocycles. The van der Waals surface area contributed by atoms with E-state index in [9.17, 15) is 4.79 Å². The molecule has 5 nitrogen and oxygen atoms in total. The van der Waals surface area contributed by atoms with Crippen LogP contribution in [0.3, 0.4) is 0 Å². The minimum atomic E-state index is -0.197. The summed E-state index contributed by atoms with van der Waals surface area (Å²) in [6.45, 7) is 0. The number of hydrogen-bond acceptors (Lipinski definition) is 6. The molecule has 0 unspecified atom stereocenters. The quantitative estimate of drug-likeness (QED) is 0.544. The van der Waals surface area contributed by atoms with Crippen LogP contribution in [0.15, 0.2) is 47.4 Å². The fraction of sp³-hybridized carbons (Fsp3) is 0.125. The van der Waals surface area contributed by atoms with Crippen LogP contribution in [0.5, 0.6) is 5.75 Å². The van der Waals surface area contributed by atoms with Crippen molar-refractivity contribution in [2.75, 3.05) is 18.8 Å². The lowest BCUT2D eigenvalue weighted by Crippen LogP contribution is -2.29. The first-order chi connectivity index (χ1) is 11.2. The predicted molar refractivity (Wildman–Crippen MR) is 95.5 cm³/mol. The average Bonchev–Trinajstić information content (AvgIpc) is 3.01. The van der Waals surface area contributed by atoms with Gasteiger partial charge in [-0.15, -0.1) is 11.8 Å². The third kappa shape index (κ3) is 3.57. The molecule has 23 heavy (non-hydrogen) atoms. The molecule has 2 N–H and O–H groups in total. The fourth-order valence-corrected chi connectivity index (χ4v) is 3.34. The third-order valence-electron chi connectivity index (χ3n) is 3.21. The van der Waals surface area contributed by atoms with Crippen LogP contribution in [0.4, 0.5) is 5.13 Å². The molecule has 0 fully saturated rings. The molecule has 0 bridgehead atoms. The lowest BCUT2D eigenvalue weighted by Gasteiger charge is -2.06. The minimum Gasteiger partial charge on any atom is -0.497 e. The molecular weight excluding hydrogens is 330 g/mol. The molecule has 3 rings (SSSR count). The topological polar surface area (TPSA) is 63.2 Å². The van der Waals surface area contributed by atoms with Crippen molar-refractivity contribution in [2.24, 2.45) is 0 Å². The number of hydrazine groups is 1. The molecule has 0 aliphatic carbocycles. The lowest BCUT2D eigenvalue weighted by molar-refractivity contribution is 0.0962. The highest BCUT2D eigenvalue weighted by Crippen LogP contribution is 2.28. The molecule has 0 aliphatic heterocycles. The van der Waals surface area contributed by atoms with E-state index in [1.165, 1.54) is 11.3 Å². The number of rotatable bonds is 5. The summed E-state index contributed by atoms with van der Waals surface area (Å²) in [5.74, 6) is 0.586. The second-order valence-electron chi connectivity index (χ2n) is 4.66. The van der Waals surface area contributed by atoms with E-state index >= 15 is 0 Å². The standard InChI is InChI=1S/C16H15N3O2S2/c1-21-11-6-7-13-14(9-11)23-16(17-13)19-18-15(20)10-4-3-5-12(8-10)22-2/h3-9H,1-2H3,(H,17,19)(H,18,20). The molecule has 118 valence electrons. The Morgan fingerprint density at radius 3 is 2.91 bits per heavy atom. The van der Waals surface area contributed by atoms with Gasteiger partial charge < -0.3 is 4.74 Å². The van der Waals surface area contributed by atoms with E-state index in [1.807, 2.05) is 42.7 Å². The van der Waals surface area contributed by atoms with E-state index in [2.05, 4.69) is 15.8 Å². The number of hydrogen-bond donors (Lipinski definition) is 2. The highest BCUT2D eigenvalue weighted by molar-refractivity contribution is 7.98. The van der Waals surface area contributed by atoms with E-state index in [0.29, 0.717) is 10.7 Å². The van der Waals surface area contributed by atoms with Gasteiger partial charge in [0.25, 0.3) is 5.91 Å². The Kier molecular flexibility index (Phi) is 4.68. The Hall–Kier alpha value is -2.25. The number of benzene rings is 2. The highest BCUT2D eigenvalue weighted by atomic mass is 32.2. The van der Waals surface area contributed by atoms with Gasteiger partial charge in [0.2, 0.25) is 5.13 Å². The Balaban J connectivity index is 1.71. The molecule has 3 aromatic rings. The van der Waals surface area contributed by atoms with Crippen LogP contribution in [-0.4, -0.2) is 24.3 Å². The zero-order valence-electron chi connectivity index (χ0n) is 12.6. The number of methoxy groups -OCH3 is 1. The lowest BCUT2D eigenvalue weighted by atomic mass is 10.2. The second-order valence-corrected chi connectivity index (χ2v) is 6.57. The summed E-state index contributed by atoms with van der Waals surface area (Å²) in [6.07, 6.45) is 1.98. The Morgan fingerprint density at radius 2 is 2.13 bits per heavy atom. The van der Waals surface area contributed by atoms with Gasteiger partial charge in [-0.2, -0.15) is 0 Å². The molecule has 0 radical (unpaired) electrons. The Morgan fingerprint density at radius 1 is 1.26 bits per heavy atom. The maximum atomic E-state index is 12.2. The number of nitrogens with one attached hydrogen (secondary N) is 2. The van der Waals surface area contributed by atoms with Gasteiger partial charge in [-0.1, -0.05) is 17.4 Å². The number of thiazole rings is 1. The molecular formula is C16H15N3O2S2. The summed E-state index contributed by atoms with van der Waals surface area (Å²) in [4.78, 5) is 17.6. The number of thioether (sulfide) groups is 1. The van der Waals surface area contributed by atoms with E-state index in [0.717, 1.165) is 20.9 Å². The smallest absolute Gasteiger partial charge is 0.269 e. The van der Waals surface area contributed by atoms with Crippen molar-refractivity contribution in [3.63, 3.8) is 0 Å².